The predicted molar refractivity (Wildman–Crippen MR) is 89.6 cm³/mol. The van der Waals surface area contributed by atoms with Crippen molar-refractivity contribution < 1.29 is 0 Å². The van der Waals surface area contributed by atoms with Gasteiger partial charge in [0.25, 0.3) is 0 Å². The second kappa shape index (κ2) is 5.96. The van der Waals surface area contributed by atoms with E-state index in [1.807, 2.05) is 12.1 Å². The third-order valence-electron chi connectivity index (χ3n) is 3.86. The monoisotopic (exact) mass is 276 g/mol. The highest BCUT2D eigenvalue weighted by Gasteiger charge is 2.04. The first-order valence-electron chi connectivity index (χ1n) is 7.45. The van der Waals surface area contributed by atoms with Gasteiger partial charge < -0.3 is 5.32 Å². The molecule has 0 saturated carbocycles. The van der Waals surface area contributed by atoms with Crippen LogP contribution in [0, 0.1) is 6.92 Å². The molecule has 3 aromatic rings. The molecule has 0 aliphatic carbocycles. The largest absolute Gasteiger partial charge is 0.366 e. The van der Waals surface area contributed by atoms with E-state index in [1.165, 1.54) is 22.1 Å². The second-order valence-electron chi connectivity index (χ2n) is 5.32. The van der Waals surface area contributed by atoms with Crippen LogP contribution < -0.4 is 5.32 Å². The van der Waals surface area contributed by atoms with Gasteiger partial charge in [-0.15, -0.1) is 0 Å². The molecular weight excluding hydrogens is 256 g/mol. The number of nitrogens with zero attached hydrogens (tertiary/aromatic N) is 1. The van der Waals surface area contributed by atoms with E-state index in [2.05, 4.69) is 61.6 Å². The molecule has 2 nitrogen and oxygen atoms in total. The molecule has 0 radical (unpaired) electrons. The fraction of sp³-hybridized carbons (Fsp3) is 0.211. The van der Waals surface area contributed by atoms with Crippen molar-refractivity contribution in [3.05, 3.63) is 71.3 Å². The zero-order chi connectivity index (χ0) is 14.7. The molecule has 2 aromatic carbocycles. The summed E-state index contributed by atoms with van der Waals surface area (Å²) in [5.41, 5.74) is 4.95. The summed E-state index contributed by atoms with van der Waals surface area (Å²) in [6, 6.07) is 19.0. The van der Waals surface area contributed by atoms with Crippen molar-refractivity contribution in [2.75, 3.05) is 5.32 Å². The molecule has 0 fully saturated rings. The SMILES string of the molecule is CCc1ccccc1CNc1nc2ccccc2cc1C. The number of benzene rings is 2. The van der Waals surface area contributed by atoms with Crippen LogP contribution in [0.2, 0.25) is 0 Å². The number of aromatic nitrogens is 1. The zero-order valence-corrected chi connectivity index (χ0v) is 12.6. The number of hydrogen-bond acceptors (Lipinski definition) is 2. The van der Waals surface area contributed by atoms with Gasteiger partial charge in [-0.2, -0.15) is 0 Å². The average Bonchev–Trinajstić information content (AvgIpc) is 2.53. The number of anilines is 1. The van der Waals surface area contributed by atoms with Crippen molar-refractivity contribution in [3.63, 3.8) is 0 Å². The molecule has 0 atom stereocenters. The van der Waals surface area contributed by atoms with Crippen molar-refractivity contribution in [1.82, 2.24) is 4.98 Å². The minimum Gasteiger partial charge on any atom is -0.366 e. The van der Waals surface area contributed by atoms with Gasteiger partial charge in [-0.3, -0.25) is 0 Å². The van der Waals surface area contributed by atoms with E-state index in [9.17, 15) is 0 Å². The minimum atomic E-state index is 0.816. The molecule has 3 rings (SSSR count). The lowest BCUT2D eigenvalue weighted by atomic mass is 10.1. The second-order valence-corrected chi connectivity index (χ2v) is 5.32. The Morgan fingerprint density at radius 2 is 1.67 bits per heavy atom. The molecule has 2 heteroatoms. The first kappa shape index (κ1) is 13.6. The summed E-state index contributed by atoms with van der Waals surface area (Å²) in [4.78, 5) is 4.73. The van der Waals surface area contributed by atoms with Gasteiger partial charge in [0.1, 0.15) is 5.82 Å². The van der Waals surface area contributed by atoms with E-state index < -0.39 is 0 Å². The van der Waals surface area contributed by atoms with Gasteiger partial charge in [0, 0.05) is 11.9 Å². The van der Waals surface area contributed by atoms with Crippen LogP contribution in [0.3, 0.4) is 0 Å². The van der Waals surface area contributed by atoms with E-state index in [4.69, 9.17) is 4.98 Å². The van der Waals surface area contributed by atoms with E-state index in [1.54, 1.807) is 0 Å². The number of hydrogen-bond donors (Lipinski definition) is 1. The number of aryl methyl sites for hydroxylation is 2. The number of fused-ring (bicyclic) bond motifs is 1. The van der Waals surface area contributed by atoms with Gasteiger partial charge in [0.2, 0.25) is 0 Å². The van der Waals surface area contributed by atoms with Crippen molar-refractivity contribution in [1.29, 1.82) is 0 Å². The Balaban J connectivity index is 1.86. The van der Waals surface area contributed by atoms with Crippen molar-refractivity contribution in [2.45, 2.75) is 26.8 Å². The molecule has 1 aromatic heterocycles. The van der Waals surface area contributed by atoms with E-state index in [0.29, 0.717) is 0 Å². The summed E-state index contributed by atoms with van der Waals surface area (Å²) in [5, 5.41) is 4.67. The topological polar surface area (TPSA) is 24.9 Å². The zero-order valence-electron chi connectivity index (χ0n) is 12.6. The Hall–Kier alpha value is -2.35. The highest BCUT2D eigenvalue weighted by atomic mass is 15.0. The quantitative estimate of drug-likeness (QED) is 0.746. The van der Waals surface area contributed by atoms with E-state index in [0.717, 1.165) is 24.3 Å². The summed E-state index contributed by atoms with van der Waals surface area (Å²) >= 11 is 0. The van der Waals surface area contributed by atoms with Crippen LogP contribution >= 0.6 is 0 Å². The lowest BCUT2D eigenvalue weighted by molar-refractivity contribution is 1.03. The molecular formula is C19H20N2. The van der Waals surface area contributed by atoms with Gasteiger partial charge in [-0.1, -0.05) is 49.4 Å². The molecule has 0 amide bonds. The summed E-state index contributed by atoms with van der Waals surface area (Å²) in [6.07, 6.45) is 1.06. The maximum absolute atomic E-state index is 4.73. The summed E-state index contributed by atoms with van der Waals surface area (Å²) in [7, 11) is 0. The van der Waals surface area contributed by atoms with Crippen molar-refractivity contribution in [3.8, 4) is 0 Å². The van der Waals surface area contributed by atoms with Gasteiger partial charge in [-0.05, 0) is 42.2 Å². The Morgan fingerprint density at radius 3 is 2.48 bits per heavy atom. The Kier molecular flexibility index (Phi) is 3.87. The highest BCUT2D eigenvalue weighted by Crippen LogP contribution is 2.20. The van der Waals surface area contributed by atoms with Gasteiger partial charge >= 0.3 is 0 Å². The van der Waals surface area contributed by atoms with Crippen LogP contribution in [0.25, 0.3) is 10.9 Å². The third kappa shape index (κ3) is 2.89. The lowest BCUT2D eigenvalue weighted by Gasteiger charge is -2.12. The van der Waals surface area contributed by atoms with Gasteiger partial charge in [0.05, 0.1) is 5.52 Å². The number of pyridine rings is 1. The van der Waals surface area contributed by atoms with Crippen LogP contribution in [-0.4, -0.2) is 4.98 Å². The van der Waals surface area contributed by atoms with Gasteiger partial charge in [0.15, 0.2) is 0 Å². The molecule has 0 spiro atoms. The third-order valence-corrected chi connectivity index (χ3v) is 3.86. The fourth-order valence-corrected chi connectivity index (χ4v) is 2.65. The molecule has 0 aliphatic heterocycles. The van der Waals surface area contributed by atoms with E-state index in [-0.39, 0.29) is 0 Å². The molecule has 0 aliphatic rings. The average molecular weight is 276 g/mol. The molecule has 1 N–H and O–H groups in total. The van der Waals surface area contributed by atoms with Crippen LogP contribution in [0.15, 0.2) is 54.6 Å². The molecule has 21 heavy (non-hydrogen) atoms. The smallest absolute Gasteiger partial charge is 0.129 e. The molecule has 0 unspecified atom stereocenters. The molecule has 106 valence electrons. The number of rotatable bonds is 4. The summed E-state index contributed by atoms with van der Waals surface area (Å²) < 4.78 is 0. The summed E-state index contributed by atoms with van der Waals surface area (Å²) in [6.45, 7) is 5.11. The van der Waals surface area contributed by atoms with E-state index >= 15 is 0 Å². The minimum absolute atomic E-state index is 0.816. The molecule has 0 bridgehead atoms. The van der Waals surface area contributed by atoms with Crippen LogP contribution in [0.5, 0.6) is 0 Å². The van der Waals surface area contributed by atoms with Crippen LogP contribution in [0.4, 0.5) is 5.82 Å². The van der Waals surface area contributed by atoms with Crippen LogP contribution in [-0.2, 0) is 13.0 Å². The maximum atomic E-state index is 4.73. The number of nitrogens with one attached hydrogen (secondary N) is 1. The first-order valence-corrected chi connectivity index (χ1v) is 7.45. The predicted octanol–water partition coefficient (Wildman–Crippen LogP) is 4.72. The fourth-order valence-electron chi connectivity index (χ4n) is 2.65. The Morgan fingerprint density at radius 1 is 0.952 bits per heavy atom. The summed E-state index contributed by atoms with van der Waals surface area (Å²) in [5.74, 6) is 0.972. The lowest BCUT2D eigenvalue weighted by Crippen LogP contribution is -2.05. The number of para-hydroxylation sites is 1. The standard InChI is InChI=1S/C19H20N2/c1-3-15-8-4-5-10-17(15)13-20-19-14(2)12-16-9-6-7-11-18(16)21-19/h4-12H,3,13H2,1-2H3,(H,20,21). The van der Waals surface area contributed by atoms with Crippen molar-refractivity contribution >= 4 is 16.7 Å². The van der Waals surface area contributed by atoms with Crippen LogP contribution in [0.1, 0.15) is 23.6 Å². The Bertz CT molecular complexity index is 762. The van der Waals surface area contributed by atoms with Crippen molar-refractivity contribution in [2.24, 2.45) is 0 Å². The molecule has 0 saturated heterocycles. The highest BCUT2D eigenvalue weighted by molar-refractivity contribution is 5.81. The first-order chi connectivity index (χ1) is 10.3. The molecule has 1 heterocycles. The maximum Gasteiger partial charge on any atom is 0.129 e. The Labute approximate surface area is 125 Å². The normalized spacial score (nSPS) is 10.8. The van der Waals surface area contributed by atoms with Gasteiger partial charge in [-0.25, -0.2) is 4.98 Å².